The van der Waals surface area contributed by atoms with Crippen molar-refractivity contribution in [2.24, 2.45) is 5.73 Å². The van der Waals surface area contributed by atoms with Crippen LogP contribution in [0.4, 0.5) is 4.39 Å². The van der Waals surface area contributed by atoms with Gasteiger partial charge in [-0.15, -0.1) is 0 Å². The average molecular weight is 268 g/mol. The second-order valence-corrected chi connectivity index (χ2v) is 4.71. The van der Waals surface area contributed by atoms with E-state index in [1.54, 1.807) is 0 Å². The van der Waals surface area contributed by atoms with E-state index in [4.69, 9.17) is 5.73 Å². The Bertz CT molecular complexity index is 421. The van der Waals surface area contributed by atoms with Gasteiger partial charge in [-0.3, -0.25) is 15.1 Å². The van der Waals surface area contributed by atoms with Crippen molar-refractivity contribution in [3.63, 3.8) is 0 Å². The lowest BCUT2D eigenvalue weighted by atomic mass is 9.90. The van der Waals surface area contributed by atoms with Crippen LogP contribution in [-0.2, 0) is 10.3 Å². The van der Waals surface area contributed by atoms with Crippen molar-refractivity contribution < 1.29 is 9.18 Å². The van der Waals surface area contributed by atoms with Gasteiger partial charge in [0.15, 0.2) is 0 Å². The SMILES string of the molecule is CCC(NCCN(C)C)(C(N)=O)c1ccc(F)cn1. The Kier molecular flexibility index (Phi) is 5.38. The number of primary amides is 1. The third-order valence-electron chi connectivity index (χ3n) is 3.10. The highest BCUT2D eigenvalue weighted by Gasteiger charge is 2.37. The highest BCUT2D eigenvalue weighted by Crippen LogP contribution is 2.23. The Morgan fingerprint density at radius 3 is 2.63 bits per heavy atom. The fourth-order valence-corrected chi connectivity index (χ4v) is 1.91. The van der Waals surface area contributed by atoms with E-state index in [-0.39, 0.29) is 0 Å². The van der Waals surface area contributed by atoms with Crippen LogP contribution in [0.15, 0.2) is 18.3 Å². The minimum Gasteiger partial charge on any atom is -0.368 e. The predicted molar refractivity (Wildman–Crippen MR) is 71.9 cm³/mol. The number of hydrogen-bond acceptors (Lipinski definition) is 4. The molecule has 1 aromatic heterocycles. The molecule has 1 atom stereocenters. The van der Waals surface area contributed by atoms with Gasteiger partial charge in [-0.05, 0) is 32.6 Å². The zero-order chi connectivity index (χ0) is 14.5. The molecule has 6 heteroatoms. The minimum absolute atomic E-state index is 0.438. The van der Waals surface area contributed by atoms with E-state index in [1.165, 1.54) is 12.1 Å². The fourth-order valence-electron chi connectivity index (χ4n) is 1.91. The highest BCUT2D eigenvalue weighted by molar-refractivity contribution is 5.85. The Morgan fingerprint density at radius 1 is 1.53 bits per heavy atom. The van der Waals surface area contributed by atoms with Crippen molar-refractivity contribution in [3.8, 4) is 0 Å². The number of aromatic nitrogens is 1. The summed E-state index contributed by atoms with van der Waals surface area (Å²) >= 11 is 0. The molecule has 1 heterocycles. The molecule has 0 aliphatic heterocycles. The fraction of sp³-hybridized carbons (Fsp3) is 0.538. The normalized spacial score (nSPS) is 14.4. The third kappa shape index (κ3) is 3.71. The number of pyridine rings is 1. The Labute approximate surface area is 113 Å². The molecule has 0 fully saturated rings. The number of carbonyl (C=O) groups excluding carboxylic acids is 1. The maximum atomic E-state index is 12.9. The molecule has 1 aromatic rings. The summed E-state index contributed by atoms with van der Waals surface area (Å²) in [6, 6.07) is 2.77. The van der Waals surface area contributed by atoms with Gasteiger partial charge in [-0.2, -0.15) is 0 Å². The molecule has 0 aliphatic carbocycles. The summed E-state index contributed by atoms with van der Waals surface area (Å²) < 4.78 is 12.9. The summed E-state index contributed by atoms with van der Waals surface area (Å²) in [5, 5.41) is 3.15. The van der Waals surface area contributed by atoms with E-state index in [2.05, 4.69) is 10.3 Å². The van der Waals surface area contributed by atoms with E-state index in [0.29, 0.717) is 18.7 Å². The molecule has 0 bridgehead atoms. The molecule has 5 nitrogen and oxygen atoms in total. The van der Waals surface area contributed by atoms with Crippen LogP contribution < -0.4 is 11.1 Å². The van der Waals surface area contributed by atoms with Crippen LogP contribution in [0.1, 0.15) is 19.0 Å². The number of halogens is 1. The Balaban J connectivity index is 2.98. The molecule has 0 saturated heterocycles. The van der Waals surface area contributed by atoms with Crippen molar-refractivity contribution in [2.45, 2.75) is 18.9 Å². The number of amides is 1. The number of nitrogens with two attached hydrogens (primary N) is 1. The van der Waals surface area contributed by atoms with E-state index in [0.717, 1.165) is 12.7 Å². The molecule has 19 heavy (non-hydrogen) atoms. The first-order valence-electron chi connectivity index (χ1n) is 6.24. The van der Waals surface area contributed by atoms with Gasteiger partial charge in [0.05, 0.1) is 11.9 Å². The highest BCUT2D eigenvalue weighted by atomic mass is 19.1. The summed E-state index contributed by atoms with van der Waals surface area (Å²) in [5.74, 6) is -0.945. The van der Waals surface area contributed by atoms with Gasteiger partial charge in [0.1, 0.15) is 11.4 Å². The van der Waals surface area contributed by atoms with Crippen LogP contribution >= 0.6 is 0 Å². The molecule has 1 unspecified atom stereocenters. The van der Waals surface area contributed by atoms with Crippen LogP contribution in [0.25, 0.3) is 0 Å². The van der Waals surface area contributed by atoms with Gasteiger partial charge in [0.25, 0.3) is 0 Å². The summed E-state index contributed by atoms with van der Waals surface area (Å²) in [4.78, 5) is 17.8. The van der Waals surface area contributed by atoms with E-state index in [9.17, 15) is 9.18 Å². The van der Waals surface area contributed by atoms with Gasteiger partial charge in [-0.25, -0.2) is 4.39 Å². The number of carbonyl (C=O) groups is 1. The molecular weight excluding hydrogens is 247 g/mol. The zero-order valence-corrected chi connectivity index (χ0v) is 11.6. The molecule has 3 N–H and O–H groups in total. The smallest absolute Gasteiger partial charge is 0.243 e. The summed E-state index contributed by atoms with van der Waals surface area (Å²) in [6.45, 7) is 3.19. The quantitative estimate of drug-likeness (QED) is 0.754. The molecule has 0 aromatic carbocycles. The van der Waals surface area contributed by atoms with E-state index < -0.39 is 17.3 Å². The van der Waals surface area contributed by atoms with Crippen LogP contribution in [0.3, 0.4) is 0 Å². The van der Waals surface area contributed by atoms with Crippen molar-refractivity contribution >= 4 is 5.91 Å². The van der Waals surface area contributed by atoms with Crippen molar-refractivity contribution in [1.82, 2.24) is 15.2 Å². The van der Waals surface area contributed by atoms with E-state index in [1.807, 2.05) is 25.9 Å². The minimum atomic E-state index is -1.05. The summed E-state index contributed by atoms with van der Waals surface area (Å²) in [7, 11) is 3.88. The second kappa shape index (κ2) is 6.58. The topological polar surface area (TPSA) is 71.2 Å². The van der Waals surface area contributed by atoms with Gasteiger partial charge < -0.3 is 10.6 Å². The van der Waals surface area contributed by atoms with Crippen LogP contribution in [0.5, 0.6) is 0 Å². The maximum absolute atomic E-state index is 12.9. The number of rotatable bonds is 7. The first kappa shape index (κ1) is 15.5. The van der Waals surface area contributed by atoms with Crippen LogP contribution in [0.2, 0.25) is 0 Å². The lowest BCUT2D eigenvalue weighted by molar-refractivity contribution is -0.125. The molecular formula is C13H21FN4O. The number of nitrogens with one attached hydrogen (secondary N) is 1. The summed E-state index contributed by atoms with van der Waals surface area (Å²) in [5.41, 5.74) is 4.92. The van der Waals surface area contributed by atoms with Gasteiger partial charge in [-0.1, -0.05) is 6.92 Å². The number of nitrogens with zero attached hydrogens (tertiary/aromatic N) is 2. The van der Waals surface area contributed by atoms with Gasteiger partial charge in [0, 0.05) is 13.1 Å². The molecule has 0 aliphatic rings. The lowest BCUT2D eigenvalue weighted by Crippen LogP contribution is -2.54. The van der Waals surface area contributed by atoms with Crippen molar-refractivity contribution in [1.29, 1.82) is 0 Å². The van der Waals surface area contributed by atoms with Crippen molar-refractivity contribution in [3.05, 3.63) is 29.8 Å². The molecule has 106 valence electrons. The Morgan fingerprint density at radius 2 is 2.21 bits per heavy atom. The monoisotopic (exact) mass is 268 g/mol. The first-order chi connectivity index (χ1) is 8.92. The first-order valence-corrected chi connectivity index (χ1v) is 6.24. The van der Waals surface area contributed by atoms with Gasteiger partial charge >= 0.3 is 0 Å². The van der Waals surface area contributed by atoms with Crippen molar-refractivity contribution in [2.75, 3.05) is 27.2 Å². The predicted octanol–water partition coefficient (Wildman–Crippen LogP) is 0.463. The molecule has 0 radical (unpaired) electrons. The third-order valence-corrected chi connectivity index (χ3v) is 3.10. The number of likely N-dealkylation sites (N-methyl/N-ethyl adjacent to an activating group) is 1. The molecule has 1 amide bonds. The van der Waals surface area contributed by atoms with E-state index >= 15 is 0 Å². The zero-order valence-electron chi connectivity index (χ0n) is 11.6. The maximum Gasteiger partial charge on any atom is 0.243 e. The molecule has 0 saturated carbocycles. The lowest BCUT2D eigenvalue weighted by Gasteiger charge is -2.30. The molecule has 1 rings (SSSR count). The standard InChI is InChI=1S/C13H21FN4O/c1-4-13(12(15)19,17-7-8-18(2)3)11-6-5-10(14)9-16-11/h5-6,9,17H,4,7-8H2,1-3H3,(H2,15,19). The van der Waals surface area contributed by atoms with Crippen LogP contribution in [0, 0.1) is 5.82 Å². The molecule has 0 spiro atoms. The largest absolute Gasteiger partial charge is 0.368 e. The number of hydrogen-bond donors (Lipinski definition) is 2. The Hall–Kier alpha value is -1.53. The summed E-state index contributed by atoms with van der Waals surface area (Å²) in [6.07, 6.45) is 1.55. The average Bonchev–Trinajstić information content (AvgIpc) is 2.35. The van der Waals surface area contributed by atoms with Crippen LogP contribution in [-0.4, -0.2) is 43.0 Å². The second-order valence-electron chi connectivity index (χ2n) is 4.71. The van der Waals surface area contributed by atoms with Gasteiger partial charge in [0.2, 0.25) is 5.91 Å².